The van der Waals surface area contributed by atoms with Crippen molar-refractivity contribution in [2.24, 2.45) is 23.2 Å². The molecule has 2 bridgehead atoms. The first-order valence-corrected chi connectivity index (χ1v) is 8.87. The summed E-state index contributed by atoms with van der Waals surface area (Å²) in [5, 5.41) is 3.86. The number of hydrogen-bond donors (Lipinski definition) is 0. The molecule has 5 atom stereocenters. The number of aryl methyl sites for hydroxylation is 1. The molecule has 3 aliphatic carbocycles. The maximum absolute atomic E-state index is 12.2. The van der Waals surface area contributed by atoms with E-state index >= 15 is 0 Å². The highest BCUT2D eigenvalue weighted by Crippen LogP contribution is 2.61. The zero-order valence-electron chi connectivity index (χ0n) is 15.2. The van der Waals surface area contributed by atoms with Gasteiger partial charge in [0.15, 0.2) is 5.82 Å². The predicted octanol–water partition coefficient (Wildman–Crippen LogP) is 3.32. The van der Waals surface area contributed by atoms with Crippen molar-refractivity contribution in [2.75, 3.05) is 7.11 Å². The molecular formula is C18H28N2O4. The van der Waals surface area contributed by atoms with E-state index in [0.29, 0.717) is 41.3 Å². The lowest BCUT2D eigenvalue weighted by Crippen LogP contribution is -2.57. The van der Waals surface area contributed by atoms with Gasteiger partial charge < -0.3 is 14.0 Å². The van der Waals surface area contributed by atoms with E-state index < -0.39 is 0 Å². The van der Waals surface area contributed by atoms with Gasteiger partial charge in [0, 0.05) is 13.5 Å². The van der Waals surface area contributed by atoms with Crippen LogP contribution in [-0.2, 0) is 20.7 Å². The highest BCUT2D eigenvalue weighted by molar-refractivity contribution is 5.69. The Morgan fingerprint density at radius 1 is 1.42 bits per heavy atom. The summed E-state index contributed by atoms with van der Waals surface area (Å²) in [5.41, 5.74) is 0.403. The molecule has 24 heavy (non-hydrogen) atoms. The number of esters is 1. The average molecular weight is 336 g/mol. The third-order valence-electron chi connectivity index (χ3n) is 6.31. The summed E-state index contributed by atoms with van der Waals surface area (Å²) in [5.74, 6) is 2.57. The summed E-state index contributed by atoms with van der Waals surface area (Å²) >= 11 is 0. The number of aromatic nitrogens is 2. The van der Waals surface area contributed by atoms with E-state index in [1.54, 1.807) is 7.11 Å². The van der Waals surface area contributed by atoms with Crippen molar-refractivity contribution in [1.29, 1.82) is 0 Å². The van der Waals surface area contributed by atoms with E-state index in [1.165, 1.54) is 6.42 Å². The molecule has 3 saturated carbocycles. The number of carbonyl (C=O) groups excluding carboxylic acids is 1. The van der Waals surface area contributed by atoms with Crippen LogP contribution in [0.1, 0.15) is 64.8 Å². The van der Waals surface area contributed by atoms with Crippen molar-refractivity contribution in [1.82, 2.24) is 10.1 Å². The molecule has 0 aromatic carbocycles. The molecule has 0 radical (unpaired) electrons. The van der Waals surface area contributed by atoms with Gasteiger partial charge in [-0.1, -0.05) is 25.9 Å². The minimum atomic E-state index is -0.215. The van der Waals surface area contributed by atoms with Gasteiger partial charge in [0.25, 0.3) is 0 Å². The summed E-state index contributed by atoms with van der Waals surface area (Å²) in [6.07, 6.45) is 2.79. The standard InChI is InChI=1S/C18H28N2O4/c1-10-13-8-12(18(13,3)4)9-14(10)23-16(21)7-6-15-19-17(20-24-15)11(2)22-5/h10-14H,6-9H2,1-5H3/t10-,11+,12+,13-,14+/m0/s1. The van der Waals surface area contributed by atoms with Crippen LogP contribution in [0.25, 0.3) is 0 Å². The Hall–Kier alpha value is -1.43. The molecule has 4 rings (SSSR count). The summed E-state index contributed by atoms with van der Waals surface area (Å²) < 4.78 is 16.0. The van der Waals surface area contributed by atoms with E-state index in [4.69, 9.17) is 14.0 Å². The molecule has 3 fully saturated rings. The number of rotatable bonds is 6. The number of hydrogen-bond acceptors (Lipinski definition) is 6. The lowest BCUT2D eigenvalue weighted by molar-refractivity contribution is -0.186. The fourth-order valence-electron chi connectivity index (χ4n) is 4.33. The van der Waals surface area contributed by atoms with E-state index in [1.807, 2.05) is 6.92 Å². The minimum absolute atomic E-state index is 0.0565. The zero-order chi connectivity index (χ0) is 17.5. The van der Waals surface area contributed by atoms with Crippen molar-refractivity contribution < 1.29 is 18.8 Å². The molecule has 0 amide bonds. The molecule has 1 aromatic rings. The molecule has 0 spiro atoms. The first-order valence-electron chi connectivity index (χ1n) is 8.87. The van der Waals surface area contributed by atoms with Crippen LogP contribution in [0, 0.1) is 23.2 Å². The summed E-state index contributed by atoms with van der Waals surface area (Å²) in [6, 6.07) is 0. The maximum atomic E-state index is 12.2. The van der Waals surface area contributed by atoms with Gasteiger partial charge in [-0.2, -0.15) is 4.98 Å². The van der Waals surface area contributed by atoms with Gasteiger partial charge in [0.1, 0.15) is 12.2 Å². The number of fused-ring (bicyclic) bond motifs is 2. The fraction of sp³-hybridized carbons (Fsp3) is 0.833. The lowest BCUT2D eigenvalue weighted by Gasteiger charge is -2.61. The van der Waals surface area contributed by atoms with Crippen LogP contribution >= 0.6 is 0 Å². The number of carbonyl (C=O) groups is 1. The zero-order valence-corrected chi connectivity index (χ0v) is 15.2. The third-order valence-corrected chi connectivity index (χ3v) is 6.31. The van der Waals surface area contributed by atoms with E-state index in [-0.39, 0.29) is 24.6 Å². The lowest BCUT2D eigenvalue weighted by atomic mass is 9.45. The van der Waals surface area contributed by atoms with Gasteiger partial charge in [0.05, 0.1) is 6.42 Å². The Morgan fingerprint density at radius 3 is 2.79 bits per heavy atom. The Kier molecular flexibility index (Phi) is 4.69. The predicted molar refractivity (Wildman–Crippen MR) is 87.1 cm³/mol. The molecule has 0 unspecified atom stereocenters. The fourth-order valence-corrected chi connectivity index (χ4v) is 4.33. The van der Waals surface area contributed by atoms with Crippen molar-refractivity contribution in [3.05, 3.63) is 11.7 Å². The largest absolute Gasteiger partial charge is 0.462 e. The van der Waals surface area contributed by atoms with Crippen LogP contribution in [0.15, 0.2) is 4.52 Å². The first-order chi connectivity index (χ1) is 11.3. The van der Waals surface area contributed by atoms with Gasteiger partial charge in [0.2, 0.25) is 5.89 Å². The van der Waals surface area contributed by atoms with Crippen LogP contribution in [-0.4, -0.2) is 29.3 Å². The Bertz CT molecular complexity index is 598. The second-order valence-electron chi connectivity index (χ2n) is 7.91. The maximum Gasteiger partial charge on any atom is 0.306 e. The quantitative estimate of drug-likeness (QED) is 0.742. The molecule has 6 heteroatoms. The van der Waals surface area contributed by atoms with Gasteiger partial charge >= 0.3 is 5.97 Å². The Labute approximate surface area is 143 Å². The smallest absolute Gasteiger partial charge is 0.306 e. The Balaban J connectivity index is 1.47. The van der Waals surface area contributed by atoms with Gasteiger partial charge in [-0.3, -0.25) is 4.79 Å². The normalized spacial score (nSPS) is 32.0. The number of nitrogens with zero attached hydrogens (tertiary/aromatic N) is 2. The third kappa shape index (κ3) is 3.08. The molecule has 0 aliphatic heterocycles. The van der Waals surface area contributed by atoms with Crippen LogP contribution in [0.4, 0.5) is 0 Å². The topological polar surface area (TPSA) is 74.5 Å². The van der Waals surface area contributed by atoms with Crippen LogP contribution in [0.5, 0.6) is 0 Å². The summed E-state index contributed by atoms with van der Waals surface area (Å²) in [7, 11) is 1.59. The van der Waals surface area contributed by atoms with E-state index in [2.05, 4.69) is 30.9 Å². The Morgan fingerprint density at radius 2 is 2.17 bits per heavy atom. The molecule has 6 nitrogen and oxygen atoms in total. The molecule has 1 heterocycles. The molecule has 3 aliphatic rings. The molecule has 0 N–H and O–H groups in total. The van der Waals surface area contributed by atoms with E-state index in [0.717, 1.165) is 6.42 Å². The van der Waals surface area contributed by atoms with Crippen LogP contribution < -0.4 is 0 Å². The highest BCUT2D eigenvalue weighted by atomic mass is 16.5. The van der Waals surface area contributed by atoms with Crippen LogP contribution in [0.2, 0.25) is 0 Å². The van der Waals surface area contributed by atoms with Crippen molar-refractivity contribution in [3.8, 4) is 0 Å². The highest BCUT2D eigenvalue weighted by Gasteiger charge is 2.57. The second kappa shape index (κ2) is 6.47. The number of methoxy groups -OCH3 is 1. The summed E-state index contributed by atoms with van der Waals surface area (Å²) in [6.45, 7) is 8.75. The average Bonchev–Trinajstić information content (AvgIpc) is 3.02. The first kappa shape index (κ1) is 17.4. The molecular weight excluding hydrogens is 308 g/mol. The van der Waals surface area contributed by atoms with Gasteiger partial charge in [-0.25, -0.2) is 0 Å². The van der Waals surface area contributed by atoms with Gasteiger partial charge in [-0.05, 0) is 42.9 Å². The van der Waals surface area contributed by atoms with Gasteiger partial charge in [-0.15, -0.1) is 0 Å². The minimum Gasteiger partial charge on any atom is -0.462 e. The molecule has 134 valence electrons. The van der Waals surface area contributed by atoms with Crippen molar-refractivity contribution in [3.63, 3.8) is 0 Å². The van der Waals surface area contributed by atoms with Crippen molar-refractivity contribution in [2.45, 2.75) is 65.6 Å². The monoisotopic (exact) mass is 336 g/mol. The van der Waals surface area contributed by atoms with E-state index in [9.17, 15) is 4.79 Å². The second-order valence-corrected chi connectivity index (χ2v) is 7.91. The van der Waals surface area contributed by atoms with Crippen LogP contribution in [0.3, 0.4) is 0 Å². The van der Waals surface area contributed by atoms with Crippen molar-refractivity contribution >= 4 is 5.97 Å². The molecule has 1 aromatic heterocycles. The molecule has 0 saturated heterocycles. The summed E-state index contributed by atoms with van der Waals surface area (Å²) in [4.78, 5) is 16.4. The number of ether oxygens (including phenoxy) is 2. The SMILES string of the molecule is CO[C@H](C)c1noc(CCC(=O)O[C@@H]2C[C@H]3C[C@@H]([C@@H]2C)C3(C)C)n1.